The standard InChI is InChI=1S/C15H15Cl2NS/c1-10(11-3-6-13(19-2)7-4-11)18-15-9-12(16)5-8-14(15)17/h3-10,18H,1-2H3. The molecule has 0 bridgehead atoms. The van der Waals surface area contributed by atoms with Crippen LogP contribution in [0.2, 0.25) is 10.0 Å². The second-order valence-corrected chi connectivity index (χ2v) is 5.99. The smallest absolute Gasteiger partial charge is 0.0638 e. The normalized spacial score (nSPS) is 12.2. The van der Waals surface area contributed by atoms with Gasteiger partial charge in [-0.2, -0.15) is 0 Å². The van der Waals surface area contributed by atoms with E-state index in [9.17, 15) is 0 Å². The first-order valence-corrected chi connectivity index (χ1v) is 7.94. The van der Waals surface area contributed by atoms with Gasteiger partial charge in [-0.05, 0) is 49.1 Å². The van der Waals surface area contributed by atoms with Gasteiger partial charge in [0.15, 0.2) is 0 Å². The molecular formula is C15H15Cl2NS. The van der Waals surface area contributed by atoms with Crippen LogP contribution < -0.4 is 5.32 Å². The quantitative estimate of drug-likeness (QED) is 0.707. The van der Waals surface area contributed by atoms with Gasteiger partial charge >= 0.3 is 0 Å². The number of hydrogen-bond donors (Lipinski definition) is 1. The van der Waals surface area contributed by atoms with Crippen LogP contribution in [0.1, 0.15) is 18.5 Å². The lowest BCUT2D eigenvalue weighted by molar-refractivity contribution is 0.883. The van der Waals surface area contributed by atoms with Gasteiger partial charge < -0.3 is 5.32 Å². The molecule has 1 unspecified atom stereocenters. The van der Waals surface area contributed by atoms with Gasteiger partial charge in [-0.3, -0.25) is 0 Å². The first-order valence-electron chi connectivity index (χ1n) is 5.95. The van der Waals surface area contributed by atoms with Crippen LogP contribution in [0, 0.1) is 0 Å². The summed E-state index contributed by atoms with van der Waals surface area (Å²) in [4.78, 5) is 1.26. The number of nitrogens with one attached hydrogen (secondary N) is 1. The third-order valence-corrected chi connectivity index (χ3v) is 4.22. The van der Waals surface area contributed by atoms with E-state index in [0.717, 1.165) is 5.69 Å². The largest absolute Gasteiger partial charge is 0.377 e. The molecule has 2 aromatic rings. The summed E-state index contributed by atoms with van der Waals surface area (Å²) in [6.07, 6.45) is 2.07. The first-order chi connectivity index (χ1) is 9.10. The van der Waals surface area contributed by atoms with Crippen LogP contribution in [-0.2, 0) is 0 Å². The fraction of sp³-hybridized carbons (Fsp3) is 0.200. The maximum absolute atomic E-state index is 6.15. The third kappa shape index (κ3) is 3.82. The van der Waals surface area contributed by atoms with Crippen LogP contribution in [0.3, 0.4) is 0 Å². The highest BCUT2D eigenvalue weighted by Gasteiger charge is 2.08. The van der Waals surface area contributed by atoms with E-state index in [0.29, 0.717) is 10.0 Å². The number of hydrogen-bond acceptors (Lipinski definition) is 2. The van der Waals surface area contributed by atoms with Crippen molar-refractivity contribution in [2.24, 2.45) is 0 Å². The van der Waals surface area contributed by atoms with Crippen molar-refractivity contribution < 1.29 is 0 Å². The van der Waals surface area contributed by atoms with Crippen LogP contribution in [0.15, 0.2) is 47.4 Å². The Labute approximate surface area is 128 Å². The molecule has 0 fully saturated rings. The summed E-state index contributed by atoms with van der Waals surface area (Å²) in [5.74, 6) is 0. The van der Waals surface area contributed by atoms with Crippen LogP contribution in [0.25, 0.3) is 0 Å². The van der Waals surface area contributed by atoms with Gasteiger partial charge in [-0.15, -0.1) is 11.8 Å². The topological polar surface area (TPSA) is 12.0 Å². The van der Waals surface area contributed by atoms with Crippen molar-refractivity contribution in [3.05, 3.63) is 58.1 Å². The number of halogens is 2. The molecule has 0 aliphatic carbocycles. The highest BCUT2D eigenvalue weighted by atomic mass is 35.5. The van der Waals surface area contributed by atoms with Crippen LogP contribution in [-0.4, -0.2) is 6.26 Å². The Morgan fingerprint density at radius 2 is 1.74 bits per heavy atom. The molecule has 0 aromatic heterocycles. The van der Waals surface area contributed by atoms with E-state index >= 15 is 0 Å². The summed E-state index contributed by atoms with van der Waals surface area (Å²) < 4.78 is 0. The molecule has 1 nitrogen and oxygen atoms in total. The molecule has 0 heterocycles. The number of thioether (sulfide) groups is 1. The first kappa shape index (κ1) is 14.6. The minimum absolute atomic E-state index is 0.173. The van der Waals surface area contributed by atoms with Crippen molar-refractivity contribution in [1.82, 2.24) is 0 Å². The number of benzene rings is 2. The Balaban J connectivity index is 2.15. The fourth-order valence-corrected chi connectivity index (χ4v) is 2.57. The van der Waals surface area contributed by atoms with E-state index in [-0.39, 0.29) is 6.04 Å². The molecule has 4 heteroatoms. The molecule has 0 saturated carbocycles. The van der Waals surface area contributed by atoms with Gasteiger partial charge in [-0.25, -0.2) is 0 Å². The molecule has 0 spiro atoms. The molecule has 0 radical (unpaired) electrons. The molecule has 0 saturated heterocycles. The van der Waals surface area contributed by atoms with Gasteiger partial charge in [0.2, 0.25) is 0 Å². The molecule has 1 atom stereocenters. The molecule has 2 aromatic carbocycles. The van der Waals surface area contributed by atoms with E-state index in [1.54, 1.807) is 23.9 Å². The molecule has 0 aliphatic rings. The van der Waals surface area contributed by atoms with Gasteiger partial charge in [-0.1, -0.05) is 35.3 Å². The third-order valence-electron chi connectivity index (χ3n) is 2.92. The highest BCUT2D eigenvalue weighted by Crippen LogP contribution is 2.29. The molecular weight excluding hydrogens is 297 g/mol. The minimum Gasteiger partial charge on any atom is -0.377 e. The SMILES string of the molecule is CSc1ccc(C(C)Nc2cc(Cl)ccc2Cl)cc1. The lowest BCUT2D eigenvalue weighted by Gasteiger charge is -2.17. The van der Waals surface area contributed by atoms with Gasteiger partial charge in [0.1, 0.15) is 0 Å². The van der Waals surface area contributed by atoms with E-state index in [1.807, 2.05) is 6.07 Å². The average Bonchev–Trinajstić information content (AvgIpc) is 2.43. The monoisotopic (exact) mass is 311 g/mol. The van der Waals surface area contributed by atoms with Crippen molar-refractivity contribution in [3.63, 3.8) is 0 Å². The van der Waals surface area contributed by atoms with E-state index < -0.39 is 0 Å². The van der Waals surface area contributed by atoms with Crippen molar-refractivity contribution >= 4 is 40.7 Å². The Hall–Kier alpha value is -0.830. The van der Waals surface area contributed by atoms with Crippen molar-refractivity contribution in [2.45, 2.75) is 17.9 Å². The maximum atomic E-state index is 6.15. The molecule has 0 aliphatic heterocycles. The zero-order valence-electron chi connectivity index (χ0n) is 10.8. The summed E-state index contributed by atoms with van der Waals surface area (Å²) in [6.45, 7) is 2.10. The lowest BCUT2D eigenvalue weighted by atomic mass is 10.1. The van der Waals surface area contributed by atoms with Crippen molar-refractivity contribution in [2.75, 3.05) is 11.6 Å². The maximum Gasteiger partial charge on any atom is 0.0638 e. The summed E-state index contributed by atoms with van der Waals surface area (Å²) in [7, 11) is 0. The van der Waals surface area contributed by atoms with Crippen molar-refractivity contribution in [1.29, 1.82) is 0 Å². The van der Waals surface area contributed by atoms with E-state index in [2.05, 4.69) is 42.8 Å². The lowest BCUT2D eigenvalue weighted by Crippen LogP contribution is -2.06. The Morgan fingerprint density at radius 3 is 2.37 bits per heavy atom. The van der Waals surface area contributed by atoms with Gasteiger partial charge in [0.25, 0.3) is 0 Å². The second-order valence-electron chi connectivity index (χ2n) is 4.26. The Kier molecular flexibility index (Phi) is 5.03. The second kappa shape index (κ2) is 6.56. The molecule has 1 N–H and O–H groups in total. The molecule has 2 rings (SSSR count). The minimum atomic E-state index is 0.173. The zero-order valence-corrected chi connectivity index (χ0v) is 13.1. The van der Waals surface area contributed by atoms with Crippen LogP contribution in [0.5, 0.6) is 0 Å². The predicted octanol–water partition coefficient (Wildman–Crippen LogP) is 5.89. The van der Waals surface area contributed by atoms with Crippen molar-refractivity contribution in [3.8, 4) is 0 Å². The summed E-state index contributed by atoms with van der Waals surface area (Å²) in [5, 5.41) is 4.74. The van der Waals surface area contributed by atoms with Gasteiger partial charge in [0, 0.05) is 16.0 Å². The highest BCUT2D eigenvalue weighted by molar-refractivity contribution is 7.98. The van der Waals surface area contributed by atoms with Crippen LogP contribution >= 0.6 is 35.0 Å². The summed E-state index contributed by atoms with van der Waals surface area (Å²) in [6, 6.07) is 14.1. The average molecular weight is 312 g/mol. The van der Waals surface area contributed by atoms with Crippen LogP contribution in [0.4, 0.5) is 5.69 Å². The number of anilines is 1. The summed E-state index contributed by atoms with van der Waals surface area (Å²) in [5.41, 5.74) is 2.07. The predicted molar refractivity (Wildman–Crippen MR) is 86.7 cm³/mol. The molecule has 100 valence electrons. The molecule has 19 heavy (non-hydrogen) atoms. The fourth-order valence-electron chi connectivity index (χ4n) is 1.82. The van der Waals surface area contributed by atoms with E-state index in [4.69, 9.17) is 23.2 Å². The number of rotatable bonds is 4. The Morgan fingerprint density at radius 1 is 1.05 bits per heavy atom. The Bertz CT molecular complexity index is 555. The summed E-state index contributed by atoms with van der Waals surface area (Å²) >= 11 is 13.9. The molecule has 0 amide bonds. The van der Waals surface area contributed by atoms with Gasteiger partial charge in [0.05, 0.1) is 10.7 Å². The van der Waals surface area contributed by atoms with E-state index in [1.165, 1.54) is 10.5 Å². The zero-order chi connectivity index (χ0) is 13.8.